The first-order valence-corrected chi connectivity index (χ1v) is 6.85. The lowest BCUT2D eigenvalue weighted by Gasteiger charge is -2.15. The maximum Gasteiger partial charge on any atom is 0.203 e. The number of hydrogen-bond donors (Lipinski definition) is 2. The van der Waals surface area contributed by atoms with Crippen LogP contribution in [0.5, 0.6) is 23.1 Å². The van der Waals surface area contributed by atoms with Gasteiger partial charge in [0, 0.05) is 17.0 Å². The second-order valence-electron chi connectivity index (χ2n) is 4.96. The lowest BCUT2D eigenvalue weighted by molar-refractivity contribution is 0.329. The van der Waals surface area contributed by atoms with Gasteiger partial charge in [-0.25, -0.2) is 0 Å². The lowest BCUT2D eigenvalue weighted by atomic mass is 10.1. The second-order valence-corrected chi connectivity index (χ2v) is 4.96. The van der Waals surface area contributed by atoms with Crippen LogP contribution in [0.2, 0.25) is 0 Å². The number of methoxy groups -OCH3 is 2. The van der Waals surface area contributed by atoms with Gasteiger partial charge in [-0.15, -0.1) is 0 Å². The molecule has 5 nitrogen and oxygen atoms in total. The van der Waals surface area contributed by atoms with Crippen LogP contribution >= 0.6 is 0 Å². The number of aromatic hydroxyl groups is 2. The first-order chi connectivity index (χ1) is 10.7. The number of fused-ring (bicyclic) bond motifs is 1. The summed E-state index contributed by atoms with van der Waals surface area (Å²) in [6.07, 6.45) is 0. The average Bonchev–Trinajstić information content (AvgIpc) is 2.84. The molecule has 5 heteroatoms. The summed E-state index contributed by atoms with van der Waals surface area (Å²) in [7, 11) is 3.00. The van der Waals surface area contributed by atoms with E-state index < -0.39 is 0 Å². The molecule has 0 fully saturated rings. The van der Waals surface area contributed by atoms with E-state index in [-0.39, 0.29) is 17.4 Å². The molecule has 0 aliphatic rings. The number of para-hydroxylation sites is 1. The smallest absolute Gasteiger partial charge is 0.203 e. The molecule has 1 aromatic heterocycles. The van der Waals surface area contributed by atoms with Gasteiger partial charge >= 0.3 is 0 Å². The molecule has 2 N–H and O–H groups in total. The number of ether oxygens (including phenoxy) is 2. The lowest BCUT2D eigenvalue weighted by Crippen LogP contribution is -2.03. The molecule has 0 spiro atoms. The maximum atomic E-state index is 10.2. The number of benzene rings is 2. The van der Waals surface area contributed by atoms with E-state index in [2.05, 4.69) is 0 Å². The van der Waals surface area contributed by atoms with Crippen molar-refractivity contribution < 1.29 is 19.7 Å². The highest BCUT2D eigenvalue weighted by Crippen LogP contribution is 2.40. The summed E-state index contributed by atoms with van der Waals surface area (Å²) in [6, 6.07) is 12.8. The molecule has 0 saturated carbocycles. The zero-order valence-electron chi connectivity index (χ0n) is 12.4. The Balaban J connectivity index is 2.11. The van der Waals surface area contributed by atoms with Gasteiger partial charge in [0.2, 0.25) is 5.75 Å². The third-order valence-corrected chi connectivity index (χ3v) is 3.70. The van der Waals surface area contributed by atoms with E-state index in [0.717, 1.165) is 16.5 Å². The number of nitrogens with zero attached hydrogens (tertiary/aromatic N) is 1. The standard InChI is InChI=1S/C17H17NO4/c1-21-16-12(7-8-14(19)17(16)22-2)10-18-13-6-4-3-5-11(13)9-15(18)20/h3-9,19-20H,10H2,1-2H3. The number of hydrogen-bond acceptors (Lipinski definition) is 4. The van der Waals surface area contributed by atoms with E-state index in [1.165, 1.54) is 14.2 Å². The van der Waals surface area contributed by atoms with E-state index in [0.29, 0.717) is 12.3 Å². The molecule has 3 rings (SSSR count). The van der Waals surface area contributed by atoms with Crippen LogP contribution in [-0.4, -0.2) is 29.0 Å². The highest BCUT2D eigenvalue weighted by Gasteiger charge is 2.16. The molecule has 0 bridgehead atoms. The molecule has 2 aromatic carbocycles. The van der Waals surface area contributed by atoms with Crippen molar-refractivity contribution in [1.82, 2.24) is 4.57 Å². The highest BCUT2D eigenvalue weighted by molar-refractivity contribution is 5.82. The fourth-order valence-corrected chi connectivity index (χ4v) is 2.67. The summed E-state index contributed by atoms with van der Waals surface area (Å²) in [5, 5.41) is 21.0. The summed E-state index contributed by atoms with van der Waals surface area (Å²) in [5.41, 5.74) is 1.72. The Labute approximate surface area is 127 Å². The molecular formula is C17H17NO4. The Morgan fingerprint density at radius 2 is 1.68 bits per heavy atom. The fourth-order valence-electron chi connectivity index (χ4n) is 2.67. The summed E-state index contributed by atoms with van der Waals surface area (Å²) >= 11 is 0. The van der Waals surface area contributed by atoms with Gasteiger partial charge in [-0.05, 0) is 18.2 Å². The Bertz CT molecular complexity index is 823. The van der Waals surface area contributed by atoms with E-state index in [4.69, 9.17) is 9.47 Å². The minimum atomic E-state index is 0.0182. The maximum absolute atomic E-state index is 10.2. The number of aromatic nitrogens is 1. The summed E-state index contributed by atoms with van der Waals surface area (Å²) in [5.74, 6) is 0.940. The molecule has 22 heavy (non-hydrogen) atoms. The topological polar surface area (TPSA) is 63.9 Å². The fraction of sp³-hybridized carbons (Fsp3) is 0.176. The Kier molecular flexibility index (Phi) is 3.55. The van der Waals surface area contributed by atoms with Crippen LogP contribution in [0.1, 0.15) is 5.56 Å². The van der Waals surface area contributed by atoms with Crippen molar-refractivity contribution in [3.05, 3.63) is 48.0 Å². The van der Waals surface area contributed by atoms with E-state index >= 15 is 0 Å². The molecule has 0 aliphatic heterocycles. The van der Waals surface area contributed by atoms with E-state index in [1.54, 1.807) is 22.8 Å². The van der Waals surface area contributed by atoms with Crippen molar-refractivity contribution in [2.75, 3.05) is 14.2 Å². The monoisotopic (exact) mass is 299 g/mol. The average molecular weight is 299 g/mol. The van der Waals surface area contributed by atoms with Gasteiger partial charge in [-0.2, -0.15) is 0 Å². The van der Waals surface area contributed by atoms with Crippen LogP contribution in [0.25, 0.3) is 10.9 Å². The van der Waals surface area contributed by atoms with Crippen LogP contribution in [0.15, 0.2) is 42.5 Å². The molecule has 0 aliphatic carbocycles. The van der Waals surface area contributed by atoms with Crippen molar-refractivity contribution in [3.8, 4) is 23.1 Å². The van der Waals surface area contributed by atoms with Crippen molar-refractivity contribution >= 4 is 10.9 Å². The predicted octanol–water partition coefficient (Wildman–Crippen LogP) is 3.12. The molecule has 0 amide bonds. The normalized spacial score (nSPS) is 10.8. The van der Waals surface area contributed by atoms with Gasteiger partial charge < -0.3 is 24.3 Å². The van der Waals surface area contributed by atoms with Crippen LogP contribution in [0, 0.1) is 0 Å². The van der Waals surface area contributed by atoms with Gasteiger partial charge in [-0.1, -0.05) is 18.2 Å². The third kappa shape index (κ3) is 2.20. The minimum Gasteiger partial charge on any atom is -0.504 e. The number of rotatable bonds is 4. The minimum absolute atomic E-state index is 0.0182. The summed E-state index contributed by atoms with van der Waals surface area (Å²) in [4.78, 5) is 0. The van der Waals surface area contributed by atoms with Gasteiger partial charge in [-0.3, -0.25) is 0 Å². The number of phenolic OH excluding ortho intramolecular Hbond substituents is 1. The largest absolute Gasteiger partial charge is 0.504 e. The van der Waals surface area contributed by atoms with E-state index in [1.807, 2.05) is 24.3 Å². The third-order valence-electron chi connectivity index (χ3n) is 3.70. The molecular weight excluding hydrogens is 282 g/mol. The Morgan fingerprint density at radius 1 is 0.955 bits per heavy atom. The van der Waals surface area contributed by atoms with Crippen molar-refractivity contribution in [2.24, 2.45) is 0 Å². The highest BCUT2D eigenvalue weighted by atomic mass is 16.5. The molecule has 0 saturated heterocycles. The van der Waals surface area contributed by atoms with Crippen LogP contribution in [0.3, 0.4) is 0 Å². The van der Waals surface area contributed by atoms with E-state index in [9.17, 15) is 10.2 Å². The van der Waals surface area contributed by atoms with Crippen molar-refractivity contribution in [1.29, 1.82) is 0 Å². The van der Waals surface area contributed by atoms with Crippen LogP contribution in [-0.2, 0) is 6.54 Å². The molecule has 0 unspecified atom stereocenters. The quantitative estimate of drug-likeness (QED) is 0.777. The number of phenols is 1. The zero-order chi connectivity index (χ0) is 15.7. The van der Waals surface area contributed by atoms with Crippen molar-refractivity contribution in [3.63, 3.8) is 0 Å². The summed E-state index contributed by atoms with van der Waals surface area (Å²) in [6.45, 7) is 0.402. The van der Waals surface area contributed by atoms with Gasteiger partial charge in [0.15, 0.2) is 17.4 Å². The molecule has 0 radical (unpaired) electrons. The van der Waals surface area contributed by atoms with Gasteiger partial charge in [0.05, 0.1) is 26.3 Å². The Morgan fingerprint density at radius 3 is 2.41 bits per heavy atom. The first kappa shape index (κ1) is 14.1. The van der Waals surface area contributed by atoms with Crippen molar-refractivity contribution in [2.45, 2.75) is 6.54 Å². The molecule has 0 atom stereocenters. The van der Waals surface area contributed by atoms with Gasteiger partial charge in [0.1, 0.15) is 0 Å². The molecule has 3 aromatic rings. The molecule has 1 heterocycles. The SMILES string of the molecule is COc1c(O)ccc(Cn2c(O)cc3ccccc32)c1OC. The molecule has 114 valence electrons. The second kappa shape index (κ2) is 5.52. The summed E-state index contributed by atoms with van der Waals surface area (Å²) < 4.78 is 12.3. The van der Waals surface area contributed by atoms with Crippen LogP contribution < -0.4 is 9.47 Å². The zero-order valence-corrected chi connectivity index (χ0v) is 12.4. The predicted molar refractivity (Wildman–Crippen MR) is 83.9 cm³/mol. The first-order valence-electron chi connectivity index (χ1n) is 6.85. The van der Waals surface area contributed by atoms with Gasteiger partial charge in [0.25, 0.3) is 0 Å². The van der Waals surface area contributed by atoms with Crippen LogP contribution in [0.4, 0.5) is 0 Å². The Hall–Kier alpha value is -2.82.